The summed E-state index contributed by atoms with van der Waals surface area (Å²) in [6.45, 7) is 0. The second-order valence-corrected chi connectivity index (χ2v) is 4.31. The van der Waals surface area contributed by atoms with Crippen LogP contribution in [0.2, 0.25) is 0 Å². The van der Waals surface area contributed by atoms with Gasteiger partial charge in [0, 0.05) is 5.33 Å². The Bertz CT molecular complexity index is 450. The molecule has 1 aromatic carbocycles. The van der Waals surface area contributed by atoms with Gasteiger partial charge in [-0.2, -0.15) is 0 Å². The smallest absolute Gasteiger partial charge is 0.0729 e. The molecule has 0 fully saturated rings. The third-order valence-electron chi connectivity index (χ3n) is 2.04. The maximum Gasteiger partial charge on any atom is 0.0729 e. The van der Waals surface area contributed by atoms with Gasteiger partial charge < -0.3 is 11.5 Å². The highest BCUT2D eigenvalue weighted by Crippen LogP contribution is 2.34. The fourth-order valence-electron chi connectivity index (χ4n) is 1.36. The number of anilines is 2. The first-order chi connectivity index (χ1) is 6.24. The number of hydrogen-bond donors (Lipinski definition) is 2. The van der Waals surface area contributed by atoms with Gasteiger partial charge in [-0.15, -0.1) is 11.3 Å². The second kappa shape index (κ2) is 3.20. The Morgan fingerprint density at radius 2 is 2.15 bits per heavy atom. The van der Waals surface area contributed by atoms with E-state index in [0.29, 0.717) is 11.4 Å². The molecule has 2 nitrogen and oxygen atoms in total. The zero-order chi connectivity index (χ0) is 9.42. The summed E-state index contributed by atoms with van der Waals surface area (Å²) in [6, 6.07) is 4.01. The molecule has 0 aliphatic carbocycles. The third kappa shape index (κ3) is 1.30. The Kier molecular flexibility index (Phi) is 2.17. The van der Waals surface area contributed by atoms with Crippen molar-refractivity contribution in [3.63, 3.8) is 0 Å². The van der Waals surface area contributed by atoms with Gasteiger partial charge in [-0.05, 0) is 28.5 Å². The predicted octanol–water partition coefficient (Wildman–Crippen LogP) is 2.96. The van der Waals surface area contributed by atoms with Crippen molar-refractivity contribution in [3.05, 3.63) is 23.1 Å². The lowest BCUT2D eigenvalue weighted by Gasteiger charge is -2.05. The molecule has 0 spiro atoms. The molecular weight excluding hydrogens is 248 g/mol. The molecule has 0 aliphatic heterocycles. The van der Waals surface area contributed by atoms with Crippen LogP contribution < -0.4 is 11.5 Å². The van der Waals surface area contributed by atoms with Crippen LogP contribution in [0.1, 0.15) is 5.56 Å². The molecule has 68 valence electrons. The van der Waals surface area contributed by atoms with E-state index in [1.807, 2.05) is 11.4 Å². The van der Waals surface area contributed by atoms with E-state index in [0.717, 1.165) is 10.0 Å². The van der Waals surface area contributed by atoms with Crippen molar-refractivity contribution in [3.8, 4) is 0 Å². The van der Waals surface area contributed by atoms with Crippen LogP contribution in [0.15, 0.2) is 17.5 Å². The molecule has 4 heteroatoms. The molecule has 0 atom stereocenters. The van der Waals surface area contributed by atoms with Crippen molar-refractivity contribution >= 4 is 48.7 Å². The number of thiophene rings is 1. The van der Waals surface area contributed by atoms with Gasteiger partial charge in [0.25, 0.3) is 0 Å². The van der Waals surface area contributed by atoms with E-state index in [4.69, 9.17) is 11.5 Å². The van der Waals surface area contributed by atoms with Crippen LogP contribution >= 0.6 is 27.3 Å². The summed E-state index contributed by atoms with van der Waals surface area (Å²) in [6.07, 6.45) is 0. The fourth-order valence-corrected chi connectivity index (χ4v) is 2.73. The average molecular weight is 257 g/mol. The second-order valence-electron chi connectivity index (χ2n) is 2.84. The van der Waals surface area contributed by atoms with Gasteiger partial charge >= 0.3 is 0 Å². The number of nitrogen functional groups attached to an aromatic ring is 2. The van der Waals surface area contributed by atoms with Crippen LogP contribution in [0.3, 0.4) is 0 Å². The summed E-state index contributed by atoms with van der Waals surface area (Å²) >= 11 is 5.06. The third-order valence-corrected chi connectivity index (χ3v) is 3.59. The maximum absolute atomic E-state index is 5.86. The maximum atomic E-state index is 5.86. The summed E-state index contributed by atoms with van der Waals surface area (Å²) < 4.78 is 1.09. The van der Waals surface area contributed by atoms with E-state index in [1.54, 1.807) is 11.3 Å². The van der Waals surface area contributed by atoms with Gasteiger partial charge in [0.05, 0.1) is 16.1 Å². The Morgan fingerprint density at radius 1 is 1.38 bits per heavy atom. The molecule has 1 aromatic heterocycles. The molecule has 2 aromatic rings. The van der Waals surface area contributed by atoms with Crippen molar-refractivity contribution < 1.29 is 0 Å². The van der Waals surface area contributed by atoms with Crippen LogP contribution in [0.5, 0.6) is 0 Å². The molecule has 2 rings (SSSR count). The quantitative estimate of drug-likeness (QED) is 0.609. The van der Waals surface area contributed by atoms with Crippen LogP contribution in [0, 0.1) is 0 Å². The van der Waals surface area contributed by atoms with Crippen LogP contribution in [0.4, 0.5) is 11.4 Å². The van der Waals surface area contributed by atoms with Crippen molar-refractivity contribution in [1.82, 2.24) is 0 Å². The first-order valence-corrected chi connectivity index (χ1v) is 5.84. The molecule has 0 unspecified atom stereocenters. The van der Waals surface area contributed by atoms with Crippen molar-refractivity contribution in [2.45, 2.75) is 5.33 Å². The van der Waals surface area contributed by atoms with E-state index < -0.39 is 0 Å². The SMILES string of the molecule is Nc1cc(CBr)c2ccsc2c1N. The zero-order valence-electron chi connectivity index (χ0n) is 6.88. The lowest BCUT2D eigenvalue weighted by atomic mass is 10.1. The molecule has 0 aliphatic rings. The summed E-state index contributed by atoms with van der Waals surface area (Å²) in [7, 11) is 0. The largest absolute Gasteiger partial charge is 0.397 e. The molecular formula is C9H9BrN2S. The van der Waals surface area contributed by atoms with Crippen molar-refractivity contribution in [2.24, 2.45) is 0 Å². The monoisotopic (exact) mass is 256 g/mol. The Morgan fingerprint density at radius 3 is 2.85 bits per heavy atom. The Balaban J connectivity index is 2.87. The fraction of sp³-hybridized carbons (Fsp3) is 0.111. The van der Waals surface area contributed by atoms with E-state index in [-0.39, 0.29) is 0 Å². The number of rotatable bonds is 1. The van der Waals surface area contributed by atoms with Crippen LogP contribution in [-0.2, 0) is 5.33 Å². The highest BCUT2D eigenvalue weighted by molar-refractivity contribution is 9.08. The Labute approximate surface area is 88.7 Å². The topological polar surface area (TPSA) is 52.0 Å². The molecule has 0 radical (unpaired) electrons. The van der Waals surface area contributed by atoms with Gasteiger partial charge in [0.15, 0.2) is 0 Å². The minimum Gasteiger partial charge on any atom is -0.397 e. The van der Waals surface area contributed by atoms with E-state index in [9.17, 15) is 0 Å². The normalized spacial score (nSPS) is 10.8. The number of benzene rings is 1. The molecule has 0 bridgehead atoms. The minimum absolute atomic E-state index is 0.671. The van der Waals surface area contributed by atoms with Crippen molar-refractivity contribution in [2.75, 3.05) is 11.5 Å². The summed E-state index contributed by atoms with van der Waals surface area (Å²) in [5, 5.41) is 4.05. The highest BCUT2D eigenvalue weighted by Gasteiger charge is 2.07. The standard InChI is InChI=1S/C9H9BrN2S/c10-4-5-3-7(11)8(12)9-6(5)1-2-13-9/h1-3H,4,11-12H2. The van der Waals surface area contributed by atoms with Gasteiger partial charge in [-0.25, -0.2) is 0 Å². The van der Waals surface area contributed by atoms with Gasteiger partial charge in [-0.1, -0.05) is 15.9 Å². The van der Waals surface area contributed by atoms with Crippen LogP contribution in [0.25, 0.3) is 10.1 Å². The van der Waals surface area contributed by atoms with E-state index >= 15 is 0 Å². The number of halogens is 1. The van der Waals surface area contributed by atoms with E-state index in [1.165, 1.54) is 10.9 Å². The molecule has 13 heavy (non-hydrogen) atoms. The van der Waals surface area contributed by atoms with Gasteiger partial charge in [0.1, 0.15) is 0 Å². The lowest BCUT2D eigenvalue weighted by molar-refractivity contribution is 1.50. The lowest BCUT2D eigenvalue weighted by Crippen LogP contribution is -1.96. The van der Waals surface area contributed by atoms with Gasteiger partial charge in [0.2, 0.25) is 0 Å². The first kappa shape index (κ1) is 8.84. The minimum atomic E-state index is 0.671. The van der Waals surface area contributed by atoms with Crippen molar-refractivity contribution in [1.29, 1.82) is 0 Å². The highest BCUT2D eigenvalue weighted by atomic mass is 79.9. The average Bonchev–Trinajstić information content (AvgIpc) is 2.60. The number of nitrogens with two attached hydrogens (primary N) is 2. The molecule has 0 amide bonds. The Hall–Kier alpha value is -0.740. The number of alkyl halides is 1. The summed E-state index contributed by atoms with van der Waals surface area (Å²) in [4.78, 5) is 0. The zero-order valence-corrected chi connectivity index (χ0v) is 9.28. The van der Waals surface area contributed by atoms with Crippen LogP contribution in [-0.4, -0.2) is 0 Å². The predicted molar refractivity (Wildman–Crippen MR) is 63.3 cm³/mol. The summed E-state index contributed by atoms with van der Waals surface area (Å²) in [5.41, 5.74) is 14.2. The molecule has 0 saturated carbocycles. The molecule has 1 heterocycles. The first-order valence-electron chi connectivity index (χ1n) is 3.84. The molecule has 4 N–H and O–H groups in total. The van der Waals surface area contributed by atoms with Gasteiger partial charge in [-0.3, -0.25) is 0 Å². The number of fused-ring (bicyclic) bond motifs is 1. The summed E-state index contributed by atoms with van der Waals surface area (Å²) in [5.74, 6) is 0. The molecule has 0 saturated heterocycles. The number of hydrogen-bond acceptors (Lipinski definition) is 3. The van der Waals surface area contributed by atoms with E-state index in [2.05, 4.69) is 22.0 Å².